The van der Waals surface area contributed by atoms with E-state index in [1.807, 2.05) is 5.92 Å². The molecule has 0 atom stereocenters. The second kappa shape index (κ2) is 14.0. The standard InChI is InChI=1S/C13H27.Na.H/c1-4-7-10-13(11-8-5-2)12-9-6-3;;/h4-12H2,1-3H3;;. The van der Waals surface area contributed by atoms with Crippen molar-refractivity contribution in [3.8, 4) is 0 Å². The van der Waals surface area contributed by atoms with E-state index in [1.54, 1.807) is 0 Å². The number of rotatable bonds is 9. The predicted octanol–water partition coefficient (Wildman–Crippen LogP) is 4.48. The van der Waals surface area contributed by atoms with Gasteiger partial charge in [0.1, 0.15) is 0 Å². The van der Waals surface area contributed by atoms with Gasteiger partial charge in [-0.3, -0.25) is 0 Å². The zero-order chi connectivity index (χ0) is 9.94. The molecular weight excluding hydrogens is 179 g/mol. The number of hydrogen-bond donors (Lipinski definition) is 0. The summed E-state index contributed by atoms with van der Waals surface area (Å²) in [5, 5.41) is 0. The quantitative estimate of drug-likeness (QED) is 0.489. The molecular formula is C13H28Na. The van der Waals surface area contributed by atoms with Gasteiger partial charge in [-0.25, -0.2) is 0 Å². The van der Waals surface area contributed by atoms with E-state index in [-0.39, 0.29) is 29.6 Å². The van der Waals surface area contributed by atoms with Crippen molar-refractivity contribution < 1.29 is 0 Å². The maximum absolute atomic E-state index is 2.29. The summed E-state index contributed by atoms with van der Waals surface area (Å²) in [7, 11) is 0. The van der Waals surface area contributed by atoms with Gasteiger partial charge in [0.15, 0.2) is 0 Å². The first-order chi connectivity index (χ1) is 6.35. The molecule has 0 nitrogen and oxygen atoms in total. The fourth-order valence-corrected chi connectivity index (χ4v) is 1.66. The van der Waals surface area contributed by atoms with E-state index in [1.165, 1.54) is 57.8 Å². The molecule has 81 valence electrons. The fourth-order valence-electron chi connectivity index (χ4n) is 1.66. The summed E-state index contributed by atoms with van der Waals surface area (Å²) >= 11 is 0. The molecule has 0 heterocycles. The fraction of sp³-hybridized carbons (Fsp3) is 0.923. The van der Waals surface area contributed by atoms with Crippen LogP contribution in [0.25, 0.3) is 0 Å². The first kappa shape index (κ1) is 17.4. The third-order valence-corrected chi connectivity index (χ3v) is 2.65. The van der Waals surface area contributed by atoms with Crippen LogP contribution in [0.5, 0.6) is 0 Å². The second-order valence-corrected chi connectivity index (χ2v) is 4.06. The molecule has 1 radical (unpaired) electrons. The average Bonchev–Trinajstić information content (AvgIpc) is 2.17. The van der Waals surface area contributed by atoms with E-state index in [0.717, 1.165) is 0 Å². The van der Waals surface area contributed by atoms with Crippen molar-refractivity contribution in [2.24, 2.45) is 0 Å². The molecule has 0 aliphatic rings. The summed E-state index contributed by atoms with van der Waals surface area (Å²) < 4.78 is 0. The molecule has 0 bridgehead atoms. The Morgan fingerprint density at radius 1 is 0.643 bits per heavy atom. The Bertz CT molecular complexity index is 72.2. The Morgan fingerprint density at radius 2 is 0.929 bits per heavy atom. The van der Waals surface area contributed by atoms with Crippen molar-refractivity contribution in [1.29, 1.82) is 0 Å². The van der Waals surface area contributed by atoms with Gasteiger partial charge in [-0.2, -0.15) is 0 Å². The van der Waals surface area contributed by atoms with Gasteiger partial charge in [0.25, 0.3) is 0 Å². The molecule has 0 unspecified atom stereocenters. The van der Waals surface area contributed by atoms with Crippen molar-refractivity contribution in [2.75, 3.05) is 0 Å². The third kappa shape index (κ3) is 11.1. The first-order valence-corrected chi connectivity index (χ1v) is 6.18. The van der Waals surface area contributed by atoms with Crippen LogP contribution in [0.2, 0.25) is 0 Å². The molecule has 0 aliphatic carbocycles. The molecule has 14 heavy (non-hydrogen) atoms. The monoisotopic (exact) mass is 207 g/mol. The van der Waals surface area contributed by atoms with Crippen molar-refractivity contribution in [2.45, 2.75) is 78.6 Å². The topological polar surface area (TPSA) is 0 Å². The van der Waals surface area contributed by atoms with Gasteiger partial charge in [0.2, 0.25) is 0 Å². The van der Waals surface area contributed by atoms with Crippen LogP contribution in [0.3, 0.4) is 0 Å². The van der Waals surface area contributed by atoms with Crippen molar-refractivity contribution in [3.05, 3.63) is 5.92 Å². The molecule has 0 rings (SSSR count). The van der Waals surface area contributed by atoms with Crippen LogP contribution < -0.4 is 0 Å². The van der Waals surface area contributed by atoms with E-state index in [2.05, 4.69) is 20.8 Å². The van der Waals surface area contributed by atoms with Crippen LogP contribution in [0.1, 0.15) is 78.6 Å². The van der Waals surface area contributed by atoms with Crippen molar-refractivity contribution >= 4 is 29.6 Å². The SMILES string of the molecule is CCCC[C](CCCC)CCCC.[NaH]. The van der Waals surface area contributed by atoms with E-state index in [4.69, 9.17) is 0 Å². The summed E-state index contributed by atoms with van der Waals surface area (Å²) in [5.74, 6) is 1.84. The molecule has 0 saturated carbocycles. The van der Waals surface area contributed by atoms with E-state index in [0.29, 0.717) is 0 Å². The van der Waals surface area contributed by atoms with Crippen molar-refractivity contribution in [3.63, 3.8) is 0 Å². The average molecular weight is 207 g/mol. The van der Waals surface area contributed by atoms with E-state index >= 15 is 0 Å². The minimum absolute atomic E-state index is 0. The molecule has 1 heteroatoms. The summed E-state index contributed by atoms with van der Waals surface area (Å²) in [4.78, 5) is 0. The Kier molecular flexibility index (Phi) is 17.4. The molecule has 0 aromatic rings. The molecule has 0 N–H and O–H groups in total. The molecule has 0 saturated heterocycles. The third-order valence-electron chi connectivity index (χ3n) is 2.65. The maximum atomic E-state index is 2.29. The van der Waals surface area contributed by atoms with Gasteiger partial charge in [0, 0.05) is 0 Å². The summed E-state index contributed by atoms with van der Waals surface area (Å²) in [6.45, 7) is 6.87. The molecule has 0 aromatic heterocycles. The van der Waals surface area contributed by atoms with Gasteiger partial charge in [-0.1, -0.05) is 59.3 Å². The van der Waals surface area contributed by atoms with Crippen LogP contribution in [0, 0.1) is 5.92 Å². The number of unbranched alkanes of at least 4 members (excludes halogenated alkanes) is 3. The Morgan fingerprint density at radius 3 is 1.14 bits per heavy atom. The zero-order valence-corrected chi connectivity index (χ0v) is 9.86. The van der Waals surface area contributed by atoms with Gasteiger partial charge >= 0.3 is 29.6 Å². The van der Waals surface area contributed by atoms with E-state index < -0.39 is 0 Å². The van der Waals surface area contributed by atoms with Crippen molar-refractivity contribution in [1.82, 2.24) is 0 Å². The molecule has 0 fully saturated rings. The van der Waals surface area contributed by atoms with Gasteiger partial charge in [-0.05, 0) is 25.2 Å². The summed E-state index contributed by atoms with van der Waals surface area (Å²) in [5.41, 5.74) is 0. The normalized spacial score (nSPS) is 10.3. The van der Waals surface area contributed by atoms with Gasteiger partial charge in [-0.15, -0.1) is 0 Å². The second-order valence-electron chi connectivity index (χ2n) is 4.06. The van der Waals surface area contributed by atoms with E-state index in [9.17, 15) is 0 Å². The van der Waals surface area contributed by atoms with Crippen LogP contribution in [-0.4, -0.2) is 29.6 Å². The van der Waals surface area contributed by atoms with Crippen LogP contribution in [0.4, 0.5) is 0 Å². The number of hydrogen-bond acceptors (Lipinski definition) is 0. The Hall–Kier alpha value is 1.00. The Labute approximate surface area is 114 Å². The molecule has 0 spiro atoms. The minimum atomic E-state index is 0. The predicted molar refractivity (Wildman–Crippen MR) is 69.0 cm³/mol. The first-order valence-electron chi connectivity index (χ1n) is 6.18. The zero-order valence-electron chi connectivity index (χ0n) is 9.86. The molecule has 0 amide bonds. The molecule has 0 aliphatic heterocycles. The van der Waals surface area contributed by atoms with Gasteiger partial charge < -0.3 is 0 Å². The summed E-state index contributed by atoms with van der Waals surface area (Å²) in [6.07, 6.45) is 12.5. The van der Waals surface area contributed by atoms with Gasteiger partial charge in [0.05, 0.1) is 0 Å². The van der Waals surface area contributed by atoms with Crippen LogP contribution in [-0.2, 0) is 0 Å². The summed E-state index contributed by atoms with van der Waals surface area (Å²) in [6, 6.07) is 0. The Balaban J connectivity index is 0. The van der Waals surface area contributed by atoms with Crippen LogP contribution in [0.15, 0.2) is 0 Å². The van der Waals surface area contributed by atoms with Crippen LogP contribution >= 0.6 is 0 Å². The molecule has 0 aromatic carbocycles.